The minimum absolute atomic E-state index is 0.0772. The molecule has 1 amide bonds. The number of aryl methyl sites for hydroxylation is 1. The summed E-state index contributed by atoms with van der Waals surface area (Å²) in [4.78, 5) is 17.3. The zero-order chi connectivity index (χ0) is 17.1. The molecule has 22 heavy (non-hydrogen) atoms. The maximum absolute atomic E-state index is 12.2. The van der Waals surface area contributed by atoms with E-state index in [0.717, 1.165) is 10.7 Å². The number of hydrogen-bond acceptors (Lipinski definition) is 5. The van der Waals surface area contributed by atoms with E-state index in [9.17, 15) is 13.2 Å². The van der Waals surface area contributed by atoms with Gasteiger partial charge < -0.3 is 5.32 Å². The van der Waals surface area contributed by atoms with Crippen LogP contribution in [0, 0.1) is 6.92 Å². The molecule has 1 rings (SSSR count). The molecule has 0 fully saturated rings. The molecule has 1 aromatic rings. The molecule has 1 heterocycles. The third-order valence-electron chi connectivity index (χ3n) is 3.15. The lowest BCUT2D eigenvalue weighted by Crippen LogP contribution is -2.30. The summed E-state index contributed by atoms with van der Waals surface area (Å²) in [7, 11) is -1.63. The lowest BCUT2D eigenvalue weighted by molar-refractivity contribution is 0.0956. The van der Waals surface area contributed by atoms with E-state index in [2.05, 4.69) is 31.1 Å². The Balaban J connectivity index is 2.55. The standard InChI is InChI=1S/C14H25N3O3S2/c1-10-11(21-13(16-10)14(2,3)4)12(18)15-8-7-9-17(5)22(6,19)20/h7-9H2,1-6H3,(H,15,18). The fraction of sp³-hybridized carbons (Fsp3) is 0.714. The van der Waals surface area contributed by atoms with Gasteiger partial charge in [-0.3, -0.25) is 4.79 Å². The molecule has 0 aliphatic rings. The van der Waals surface area contributed by atoms with Gasteiger partial charge >= 0.3 is 0 Å². The van der Waals surface area contributed by atoms with Gasteiger partial charge in [0.2, 0.25) is 10.0 Å². The van der Waals surface area contributed by atoms with Gasteiger partial charge in [0.05, 0.1) is 17.0 Å². The summed E-state index contributed by atoms with van der Waals surface area (Å²) < 4.78 is 23.8. The van der Waals surface area contributed by atoms with E-state index in [1.54, 1.807) is 0 Å². The van der Waals surface area contributed by atoms with Crippen LogP contribution in [0.4, 0.5) is 0 Å². The zero-order valence-electron chi connectivity index (χ0n) is 14.1. The van der Waals surface area contributed by atoms with Crippen LogP contribution < -0.4 is 5.32 Å². The minimum Gasteiger partial charge on any atom is -0.351 e. The second kappa shape index (κ2) is 7.06. The average Bonchev–Trinajstić information content (AvgIpc) is 2.75. The lowest BCUT2D eigenvalue weighted by atomic mass is 9.98. The minimum atomic E-state index is -3.16. The largest absolute Gasteiger partial charge is 0.351 e. The van der Waals surface area contributed by atoms with Gasteiger partial charge in [0.1, 0.15) is 4.88 Å². The van der Waals surface area contributed by atoms with Gasteiger partial charge in [-0.2, -0.15) is 0 Å². The first-order valence-electron chi connectivity index (χ1n) is 7.10. The summed E-state index contributed by atoms with van der Waals surface area (Å²) in [5.41, 5.74) is 0.660. The Morgan fingerprint density at radius 2 is 1.95 bits per heavy atom. The zero-order valence-corrected chi connectivity index (χ0v) is 15.7. The first-order valence-corrected chi connectivity index (χ1v) is 9.77. The quantitative estimate of drug-likeness (QED) is 0.795. The van der Waals surface area contributed by atoms with Gasteiger partial charge in [-0.25, -0.2) is 17.7 Å². The van der Waals surface area contributed by atoms with Crippen LogP contribution >= 0.6 is 11.3 Å². The molecule has 126 valence electrons. The van der Waals surface area contributed by atoms with Gasteiger partial charge in [-0.05, 0) is 13.3 Å². The summed E-state index contributed by atoms with van der Waals surface area (Å²) >= 11 is 1.41. The Morgan fingerprint density at radius 3 is 2.41 bits per heavy atom. The number of thiazole rings is 1. The molecular weight excluding hydrogens is 322 g/mol. The Morgan fingerprint density at radius 1 is 1.36 bits per heavy atom. The van der Waals surface area contributed by atoms with Crippen molar-refractivity contribution in [1.82, 2.24) is 14.6 Å². The van der Waals surface area contributed by atoms with Crippen LogP contribution in [0.2, 0.25) is 0 Å². The lowest BCUT2D eigenvalue weighted by Gasteiger charge is -2.14. The molecule has 0 bridgehead atoms. The SMILES string of the molecule is Cc1nc(C(C)(C)C)sc1C(=O)NCCCN(C)S(C)(=O)=O. The first kappa shape index (κ1) is 19.1. The summed E-state index contributed by atoms with van der Waals surface area (Å²) in [5.74, 6) is -0.146. The average molecular weight is 348 g/mol. The van der Waals surface area contributed by atoms with Crippen LogP contribution in [0.1, 0.15) is 47.6 Å². The van der Waals surface area contributed by atoms with Crippen molar-refractivity contribution in [3.05, 3.63) is 15.6 Å². The molecule has 1 aromatic heterocycles. The molecule has 1 N–H and O–H groups in total. The summed E-state index contributed by atoms with van der Waals surface area (Å²) in [6.45, 7) is 8.84. The smallest absolute Gasteiger partial charge is 0.263 e. The van der Waals surface area contributed by atoms with Crippen LogP contribution in [0.3, 0.4) is 0 Å². The highest BCUT2D eigenvalue weighted by Crippen LogP contribution is 2.29. The van der Waals surface area contributed by atoms with Crippen molar-refractivity contribution >= 4 is 27.3 Å². The number of nitrogens with zero attached hydrogens (tertiary/aromatic N) is 2. The number of carbonyl (C=O) groups is 1. The topological polar surface area (TPSA) is 79.4 Å². The molecular formula is C14H25N3O3S2. The van der Waals surface area contributed by atoms with Crippen molar-refractivity contribution in [3.8, 4) is 0 Å². The van der Waals surface area contributed by atoms with Crippen molar-refractivity contribution in [2.24, 2.45) is 0 Å². The van der Waals surface area contributed by atoms with E-state index in [4.69, 9.17) is 0 Å². The molecule has 0 aliphatic heterocycles. The van der Waals surface area contributed by atoms with Gasteiger partial charge in [-0.15, -0.1) is 11.3 Å². The molecule has 0 saturated carbocycles. The predicted molar refractivity (Wildman–Crippen MR) is 90.0 cm³/mol. The molecule has 0 radical (unpaired) electrons. The van der Waals surface area contributed by atoms with Crippen molar-refractivity contribution in [2.45, 2.75) is 39.5 Å². The maximum Gasteiger partial charge on any atom is 0.263 e. The van der Waals surface area contributed by atoms with Crippen LogP contribution in [0.5, 0.6) is 0 Å². The van der Waals surface area contributed by atoms with Crippen molar-refractivity contribution < 1.29 is 13.2 Å². The highest BCUT2D eigenvalue weighted by molar-refractivity contribution is 7.88. The van der Waals surface area contributed by atoms with Crippen molar-refractivity contribution in [2.75, 3.05) is 26.4 Å². The number of rotatable bonds is 6. The fourth-order valence-electron chi connectivity index (χ4n) is 1.68. The number of amides is 1. The molecule has 0 spiro atoms. The second-order valence-electron chi connectivity index (χ2n) is 6.38. The van der Waals surface area contributed by atoms with E-state index in [-0.39, 0.29) is 11.3 Å². The molecule has 0 saturated heterocycles. The van der Waals surface area contributed by atoms with Gasteiger partial charge in [0.15, 0.2) is 0 Å². The molecule has 0 aromatic carbocycles. The Hall–Kier alpha value is -0.990. The van der Waals surface area contributed by atoms with Gasteiger partial charge in [0, 0.05) is 25.6 Å². The Labute approximate surface area is 137 Å². The van der Waals surface area contributed by atoms with E-state index in [0.29, 0.717) is 24.4 Å². The van der Waals surface area contributed by atoms with E-state index in [1.165, 1.54) is 28.9 Å². The van der Waals surface area contributed by atoms with E-state index >= 15 is 0 Å². The summed E-state index contributed by atoms with van der Waals surface area (Å²) in [6, 6.07) is 0. The number of aromatic nitrogens is 1. The normalized spacial score (nSPS) is 12.7. The monoisotopic (exact) mass is 347 g/mol. The van der Waals surface area contributed by atoms with Crippen LogP contribution in [0.25, 0.3) is 0 Å². The molecule has 8 heteroatoms. The Kier molecular flexibility index (Phi) is 6.11. The van der Waals surface area contributed by atoms with Gasteiger partial charge in [-0.1, -0.05) is 20.8 Å². The van der Waals surface area contributed by atoms with Crippen LogP contribution in [-0.4, -0.2) is 50.0 Å². The highest BCUT2D eigenvalue weighted by Gasteiger charge is 2.22. The highest BCUT2D eigenvalue weighted by atomic mass is 32.2. The van der Waals surface area contributed by atoms with Crippen molar-refractivity contribution in [3.63, 3.8) is 0 Å². The number of carbonyl (C=O) groups excluding carboxylic acids is 1. The third kappa shape index (κ3) is 5.33. The molecule has 6 nitrogen and oxygen atoms in total. The molecule has 0 atom stereocenters. The predicted octanol–water partition coefficient (Wildman–Crippen LogP) is 1.76. The number of hydrogen-bond donors (Lipinski definition) is 1. The maximum atomic E-state index is 12.2. The Bertz CT molecular complexity index is 630. The fourth-order valence-corrected chi connectivity index (χ4v) is 3.18. The van der Waals surface area contributed by atoms with Crippen molar-refractivity contribution in [1.29, 1.82) is 0 Å². The molecule has 0 unspecified atom stereocenters. The number of sulfonamides is 1. The van der Waals surface area contributed by atoms with Crippen LogP contribution in [0.15, 0.2) is 0 Å². The first-order chi connectivity index (χ1) is 9.93. The third-order valence-corrected chi connectivity index (χ3v) is 6.04. The summed E-state index contributed by atoms with van der Waals surface area (Å²) in [6.07, 6.45) is 1.74. The number of nitrogens with one attached hydrogen (secondary N) is 1. The second-order valence-corrected chi connectivity index (χ2v) is 9.47. The van der Waals surface area contributed by atoms with E-state index < -0.39 is 10.0 Å². The summed E-state index contributed by atoms with van der Waals surface area (Å²) in [5, 5.41) is 3.76. The molecule has 0 aliphatic carbocycles. The van der Waals surface area contributed by atoms with Gasteiger partial charge in [0.25, 0.3) is 5.91 Å². The van der Waals surface area contributed by atoms with Crippen LogP contribution in [-0.2, 0) is 15.4 Å². The van der Waals surface area contributed by atoms with E-state index in [1.807, 2.05) is 6.92 Å².